The Morgan fingerprint density at radius 1 is 0.955 bits per heavy atom. The summed E-state index contributed by atoms with van der Waals surface area (Å²) in [4.78, 5) is 23.4. The van der Waals surface area contributed by atoms with Gasteiger partial charge in [-0.15, -0.1) is 0 Å². The summed E-state index contributed by atoms with van der Waals surface area (Å²) >= 11 is 0. The zero-order valence-electron chi connectivity index (χ0n) is 12.2. The van der Waals surface area contributed by atoms with Gasteiger partial charge in [-0.25, -0.2) is 0 Å². The highest BCUT2D eigenvalue weighted by molar-refractivity contribution is 6.01. The molecule has 0 aromatic heterocycles. The zero-order valence-corrected chi connectivity index (χ0v) is 12.2. The minimum absolute atomic E-state index is 0.184. The second-order valence-electron chi connectivity index (χ2n) is 5.07. The summed E-state index contributed by atoms with van der Waals surface area (Å²) in [5.74, 6) is -1.17. The van der Waals surface area contributed by atoms with Crippen molar-refractivity contribution in [3.05, 3.63) is 71.8 Å². The standard InChI is InChI=1S/C18H19NO3/c20-17(21)13-16(18(22)15-9-5-2-6-10-15)19-12-11-14-7-3-1-4-8-14/h1-10,16,19H,11-13H2,(H,20,21). The van der Waals surface area contributed by atoms with Crippen molar-refractivity contribution in [2.75, 3.05) is 6.54 Å². The van der Waals surface area contributed by atoms with Gasteiger partial charge in [0.25, 0.3) is 0 Å². The third-order valence-corrected chi connectivity index (χ3v) is 3.40. The third kappa shape index (κ3) is 4.82. The minimum Gasteiger partial charge on any atom is -0.481 e. The second-order valence-corrected chi connectivity index (χ2v) is 5.07. The fourth-order valence-electron chi connectivity index (χ4n) is 2.27. The van der Waals surface area contributed by atoms with E-state index in [4.69, 9.17) is 5.11 Å². The lowest BCUT2D eigenvalue weighted by Gasteiger charge is -2.16. The fourth-order valence-corrected chi connectivity index (χ4v) is 2.27. The van der Waals surface area contributed by atoms with Crippen LogP contribution in [-0.2, 0) is 11.2 Å². The topological polar surface area (TPSA) is 66.4 Å². The van der Waals surface area contributed by atoms with Crippen molar-refractivity contribution in [1.29, 1.82) is 0 Å². The van der Waals surface area contributed by atoms with Crippen LogP contribution in [0.4, 0.5) is 0 Å². The number of nitrogens with one attached hydrogen (secondary N) is 1. The van der Waals surface area contributed by atoms with Crippen LogP contribution in [0.25, 0.3) is 0 Å². The van der Waals surface area contributed by atoms with Crippen LogP contribution < -0.4 is 5.32 Å². The molecule has 0 amide bonds. The summed E-state index contributed by atoms with van der Waals surface area (Å²) in [7, 11) is 0. The first-order valence-electron chi connectivity index (χ1n) is 7.25. The Hall–Kier alpha value is -2.46. The molecule has 0 spiro atoms. The van der Waals surface area contributed by atoms with E-state index in [1.807, 2.05) is 36.4 Å². The Balaban J connectivity index is 1.97. The number of carboxylic acid groups (broad SMARTS) is 1. The lowest BCUT2D eigenvalue weighted by Crippen LogP contribution is -2.39. The Kier molecular flexibility index (Phi) is 5.86. The number of carbonyl (C=O) groups excluding carboxylic acids is 1. The molecule has 0 bridgehead atoms. The van der Waals surface area contributed by atoms with E-state index in [2.05, 4.69) is 5.32 Å². The molecule has 1 atom stereocenters. The summed E-state index contributed by atoms with van der Waals surface area (Å²) < 4.78 is 0. The van der Waals surface area contributed by atoms with Gasteiger partial charge < -0.3 is 10.4 Å². The first kappa shape index (κ1) is 15.9. The number of hydrogen-bond donors (Lipinski definition) is 2. The van der Waals surface area contributed by atoms with E-state index < -0.39 is 12.0 Å². The van der Waals surface area contributed by atoms with Gasteiger partial charge in [0.1, 0.15) is 0 Å². The van der Waals surface area contributed by atoms with Crippen molar-refractivity contribution in [2.45, 2.75) is 18.9 Å². The number of aliphatic carboxylic acids is 1. The molecule has 0 radical (unpaired) electrons. The number of hydrogen-bond acceptors (Lipinski definition) is 3. The largest absolute Gasteiger partial charge is 0.481 e. The van der Waals surface area contributed by atoms with Crippen LogP contribution in [0.1, 0.15) is 22.3 Å². The Labute approximate surface area is 129 Å². The first-order chi connectivity index (χ1) is 10.7. The summed E-state index contributed by atoms with van der Waals surface area (Å²) in [6, 6.07) is 18.0. The van der Waals surface area contributed by atoms with Gasteiger partial charge in [-0.2, -0.15) is 0 Å². The molecule has 0 saturated heterocycles. The molecule has 0 heterocycles. The lowest BCUT2D eigenvalue weighted by atomic mass is 10.0. The molecule has 2 aromatic rings. The van der Waals surface area contributed by atoms with Crippen molar-refractivity contribution in [3.63, 3.8) is 0 Å². The molecule has 2 N–H and O–H groups in total. The van der Waals surface area contributed by atoms with Gasteiger partial charge in [0.05, 0.1) is 12.5 Å². The molecule has 1 unspecified atom stereocenters. The SMILES string of the molecule is O=C(O)CC(NCCc1ccccc1)C(=O)c1ccccc1. The highest BCUT2D eigenvalue weighted by Gasteiger charge is 2.22. The molecule has 4 heteroatoms. The number of carboxylic acids is 1. The zero-order chi connectivity index (χ0) is 15.8. The molecule has 4 nitrogen and oxygen atoms in total. The van der Waals surface area contributed by atoms with Gasteiger partial charge in [0, 0.05) is 5.56 Å². The summed E-state index contributed by atoms with van der Waals surface area (Å²) in [5, 5.41) is 12.1. The number of rotatable bonds is 8. The van der Waals surface area contributed by atoms with E-state index in [-0.39, 0.29) is 12.2 Å². The molecule has 0 aliphatic heterocycles. The summed E-state index contributed by atoms with van der Waals surface area (Å²) in [5.41, 5.74) is 1.68. The quantitative estimate of drug-likeness (QED) is 0.735. The first-order valence-corrected chi connectivity index (χ1v) is 7.25. The van der Waals surface area contributed by atoms with Gasteiger partial charge in [-0.05, 0) is 18.5 Å². The molecule has 0 saturated carbocycles. The van der Waals surface area contributed by atoms with E-state index in [1.165, 1.54) is 0 Å². The van der Waals surface area contributed by atoms with Gasteiger partial charge in [0.15, 0.2) is 5.78 Å². The van der Waals surface area contributed by atoms with E-state index in [0.717, 1.165) is 12.0 Å². The van der Waals surface area contributed by atoms with Crippen molar-refractivity contribution < 1.29 is 14.7 Å². The van der Waals surface area contributed by atoms with Crippen LogP contribution in [0.15, 0.2) is 60.7 Å². The third-order valence-electron chi connectivity index (χ3n) is 3.40. The average Bonchev–Trinajstić information content (AvgIpc) is 2.55. The average molecular weight is 297 g/mol. The van der Waals surface area contributed by atoms with Gasteiger partial charge in [-0.3, -0.25) is 9.59 Å². The summed E-state index contributed by atoms with van der Waals surface area (Å²) in [6.07, 6.45) is 0.529. The predicted octanol–water partition coefficient (Wildman–Crippen LogP) is 2.54. The maximum Gasteiger partial charge on any atom is 0.305 e. The van der Waals surface area contributed by atoms with Gasteiger partial charge in [0.2, 0.25) is 0 Å². The van der Waals surface area contributed by atoms with Crippen molar-refractivity contribution >= 4 is 11.8 Å². The molecule has 0 fully saturated rings. The highest BCUT2D eigenvalue weighted by Crippen LogP contribution is 2.07. The smallest absolute Gasteiger partial charge is 0.305 e. The Bertz CT molecular complexity index is 611. The molecule has 0 aliphatic carbocycles. The van der Waals surface area contributed by atoms with Gasteiger partial charge in [-0.1, -0.05) is 60.7 Å². The molecule has 2 aromatic carbocycles. The van der Waals surface area contributed by atoms with Crippen LogP contribution in [0.3, 0.4) is 0 Å². The van der Waals surface area contributed by atoms with Crippen molar-refractivity contribution in [3.8, 4) is 0 Å². The highest BCUT2D eigenvalue weighted by atomic mass is 16.4. The maximum absolute atomic E-state index is 12.4. The van der Waals surface area contributed by atoms with Crippen molar-refractivity contribution in [2.24, 2.45) is 0 Å². The molecular formula is C18H19NO3. The van der Waals surface area contributed by atoms with Crippen LogP contribution in [0.2, 0.25) is 0 Å². The number of Topliss-reactive ketones (excluding diaryl/α,β-unsaturated/α-hetero) is 1. The summed E-state index contributed by atoms with van der Waals surface area (Å²) in [6.45, 7) is 0.556. The number of ketones is 1. The normalized spacial score (nSPS) is 11.8. The van der Waals surface area contributed by atoms with Crippen molar-refractivity contribution in [1.82, 2.24) is 5.32 Å². The van der Waals surface area contributed by atoms with Gasteiger partial charge >= 0.3 is 5.97 Å². The van der Waals surface area contributed by atoms with Crippen LogP contribution in [0.5, 0.6) is 0 Å². The Morgan fingerprint density at radius 2 is 1.55 bits per heavy atom. The van der Waals surface area contributed by atoms with E-state index in [9.17, 15) is 9.59 Å². The van der Waals surface area contributed by atoms with Crippen LogP contribution >= 0.6 is 0 Å². The monoisotopic (exact) mass is 297 g/mol. The van der Waals surface area contributed by atoms with E-state index in [1.54, 1.807) is 24.3 Å². The second kappa shape index (κ2) is 8.10. The van der Waals surface area contributed by atoms with E-state index in [0.29, 0.717) is 12.1 Å². The number of benzene rings is 2. The van der Waals surface area contributed by atoms with Crippen LogP contribution in [-0.4, -0.2) is 29.4 Å². The molecule has 0 aliphatic rings. The molecule has 2 rings (SSSR count). The predicted molar refractivity (Wildman–Crippen MR) is 85.0 cm³/mol. The minimum atomic E-state index is -0.985. The Morgan fingerprint density at radius 3 is 2.14 bits per heavy atom. The molecule has 114 valence electrons. The lowest BCUT2D eigenvalue weighted by molar-refractivity contribution is -0.137. The molecule has 22 heavy (non-hydrogen) atoms. The maximum atomic E-state index is 12.4. The fraction of sp³-hybridized carbons (Fsp3) is 0.222. The number of carbonyl (C=O) groups is 2. The molecular weight excluding hydrogens is 278 g/mol. The van der Waals surface area contributed by atoms with Crippen LogP contribution in [0, 0.1) is 0 Å². The van der Waals surface area contributed by atoms with E-state index >= 15 is 0 Å².